The minimum Gasteiger partial charge on any atom is -0.325 e. The van der Waals surface area contributed by atoms with Crippen molar-refractivity contribution in [1.29, 1.82) is 0 Å². The van der Waals surface area contributed by atoms with E-state index in [9.17, 15) is 9.59 Å². The molecule has 5 nitrogen and oxygen atoms in total. The highest BCUT2D eigenvalue weighted by molar-refractivity contribution is 6.02. The first-order valence-electron chi connectivity index (χ1n) is 11.7. The van der Waals surface area contributed by atoms with Gasteiger partial charge in [-0.2, -0.15) is 0 Å². The molecule has 0 fully saturated rings. The Labute approximate surface area is 197 Å². The number of imidazole rings is 1. The lowest BCUT2D eigenvalue weighted by Crippen LogP contribution is -2.28. The van der Waals surface area contributed by atoms with Crippen LogP contribution in [0.25, 0.3) is 0 Å². The molecule has 1 atom stereocenters. The number of anilines is 1. The Hall–Kier alpha value is -3.21. The van der Waals surface area contributed by atoms with Crippen molar-refractivity contribution in [3.63, 3.8) is 0 Å². The van der Waals surface area contributed by atoms with Crippen LogP contribution in [-0.2, 0) is 4.79 Å². The first-order valence-corrected chi connectivity index (χ1v) is 11.7. The summed E-state index contributed by atoms with van der Waals surface area (Å²) in [6.07, 6.45) is 5.00. The van der Waals surface area contributed by atoms with E-state index in [1.54, 1.807) is 23.3 Å². The monoisotopic (exact) mass is 445 g/mol. The number of carbonyl (C=O) groups is 2. The van der Waals surface area contributed by atoms with E-state index in [1.165, 1.54) is 11.1 Å². The summed E-state index contributed by atoms with van der Waals surface area (Å²) in [7, 11) is 0. The third kappa shape index (κ3) is 5.98. The highest BCUT2D eigenvalue weighted by Crippen LogP contribution is 2.28. The summed E-state index contributed by atoms with van der Waals surface area (Å²) in [6, 6.07) is 13.2. The second-order valence-corrected chi connectivity index (χ2v) is 9.58. The molecule has 5 heteroatoms. The summed E-state index contributed by atoms with van der Waals surface area (Å²) in [6.45, 7) is 12.7. The van der Waals surface area contributed by atoms with E-state index in [0.29, 0.717) is 23.1 Å². The molecule has 0 radical (unpaired) electrons. The van der Waals surface area contributed by atoms with Crippen molar-refractivity contribution in [3.8, 4) is 0 Å². The molecule has 3 rings (SSSR count). The van der Waals surface area contributed by atoms with Gasteiger partial charge in [0.1, 0.15) is 6.04 Å². The Kier molecular flexibility index (Phi) is 7.85. The van der Waals surface area contributed by atoms with Crippen molar-refractivity contribution in [3.05, 3.63) is 83.4 Å². The van der Waals surface area contributed by atoms with Crippen molar-refractivity contribution in [2.24, 2.45) is 0 Å². The second kappa shape index (κ2) is 10.6. The molecule has 0 saturated carbocycles. The second-order valence-electron chi connectivity index (χ2n) is 9.58. The largest absolute Gasteiger partial charge is 0.325 e. The molecule has 33 heavy (non-hydrogen) atoms. The molecule has 1 amide bonds. The zero-order valence-electron chi connectivity index (χ0n) is 20.5. The minimum atomic E-state index is -0.686. The summed E-state index contributed by atoms with van der Waals surface area (Å²) in [4.78, 5) is 30.8. The first kappa shape index (κ1) is 24.4. The van der Waals surface area contributed by atoms with E-state index in [2.05, 4.69) is 57.9 Å². The summed E-state index contributed by atoms with van der Waals surface area (Å²) in [5.74, 6) is 0.741. The zero-order chi connectivity index (χ0) is 24.1. The molecule has 0 saturated heterocycles. The van der Waals surface area contributed by atoms with Crippen LogP contribution in [0.4, 0.5) is 5.69 Å². The van der Waals surface area contributed by atoms with Crippen LogP contribution in [0, 0.1) is 0 Å². The van der Waals surface area contributed by atoms with Gasteiger partial charge in [-0.3, -0.25) is 9.59 Å². The van der Waals surface area contributed by atoms with Gasteiger partial charge < -0.3 is 9.88 Å². The number of nitrogens with one attached hydrogen (secondary N) is 1. The van der Waals surface area contributed by atoms with Crippen LogP contribution < -0.4 is 5.32 Å². The molecule has 0 spiro atoms. The molecule has 1 N–H and O–H groups in total. The van der Waals surface area contributed by atoms with Crippen molar-refractivity contribution in [2.45, 2.75) is 71.8 Å². The minimum absolute atomic E-state index is 0.0435. The van der Waals surface area contributed by atoms with Gasteiger partial charge in [0.15, 0.2) is 5.78 Å². The predicted octanol–water partition coefficient (Wildman–Crippen LogP) is 6.71. The standard InChI is InChI=1S/C28H35N3O2/c1-18(2)21-7-10-23(11-8-21)30-28(33)26(31-14-13-29-17-31)16-27(32)24-12-9-22(19(3)4)15-25(24)20(5)6/h7-15,17-20,26H,16H2,1-6H3,(H,30,33). The SMILES string of the molecule is CC(C)c1ccc(NC(=O)C(CC(=O)c2ccc(C(C)C)cc2C(C)C)n2ccnc2)cc1. The number of hydrogen-bond acceptors (Lipinski definition) is 3. The van der Waals surface area contributed by atoms with Gasteiger partial charge in [-0.05, 0) is 46.6 Å². The lowest BCUT2D eigenvalue weighted by Gasteiger charge is -2.20. The van der Waals surface area contributed by atoms with Crippen LogP contribution in [-0.4, -0.2) is 21.2 Å². The number of hydrogen-bond donors (Lipinski definition) is 1. The van der Waals surface area contributed by atoms with Gasteiger partial charge in [0.25, 0.3) is 0 Å². The van der Waals surface area contributed by atoms with Gasteiger partial charge in [0, 0.05) is 30.1 Å². The van der Waals surface area contributed by atoms with E-state index in [1.807, 2.05) is 36.4 Å². The predicted molar refractivity (Wildman–Crippen MR) is 134 cm³/mol. The molecule has 1 unspecified atom stereocenters. The molecule has 3 aromatic rings. The normalized spacial score (nSPS) is 12.4. The zero-order valence-corrected chi connectivity index (χ0v) is 20.5. The Bertz CT molecular complexity index is 1080. The van der Waals surface area contributed by atoms with Crippen LogP contribution in [0.5, 0.6) is 0 Å². The van der Waals surface area contributed by atoms with Crippen LogP contribution >= 0.6 is 0 Å². The lowest BCUT2D eigenvalue weighted by atomic mass is 9.88. The summed E-state index contributed by atoms with van der Waals surface area (Å²) in [5.41, 5.74) is 4.85. The fourth-order valence-corrected chi connectivity index (χ4v) is 3.92. The van der Waals surface area contributed by atoms with Crippen LogP contribution in [0.3, 0.4) is 0 Å². The number of ketones is 1. The molecule has 0 aliphatic heterocycles. The van der Waals surface area contributed by atoms with E-state index in [0.717, 1.165) is 5.56 Å². The molecule has 1 heterocycles. The number of carbonyl (C=O) groups excluding carboxylic acids is 2. The third-order valence-electron chi connectivity index (χ3n) is 6.08. The van der Waals surface area contributed by atoms with Crippen molar-refractivity contribution < 1.29 is 9.59 Å². The van der Waals surface area contributed by atoms with Gasteiger partial charge in [-0.25, -0.2) is 4.98 Å². The lowest BCUT2D eigenvalue weighted by molar-refractivity contribution is -0.119. The molecule has 0 bridgehead atoms. The molecule has 174 valence electrons. The van der Waals surface area contributed by atoms with E-state index in [4.69, 9.17) is 0 Å². The topological polar surface area (TPSA) is 64.0 Å². The highest BCUT2D eigenvalue weighted by atomic mass is 16.2. The Morgan fingerprint density at radius 2 is 1.52 bits per heavy atom. The molecule has 1 aromatic heterocycles. The Morgan fingerprint density at radius 3 is 2.06 bits per heavy atom. The number of Topliss-reactive ketones (excluding diaryl/α,β-unsaturated/α-hetero) is 1. The maximum absolute atomic E-state index is 13.4. The molecule has 2 aromatic carbocycles. The molecular formula is C28H35N3O2. The summed E-state index contributed by atoms with van der Waals surface area (Å²) in [5, 5.41) is 2.97. The average molecular weight is 446 g/mol. The quantitative estimate of drug-likeness (QED) is 0.372. The average Bonchev–Trinajstić information content (AvgIpc) is 3.31. The first-order chi connectivity index (χ1) is 15.7. The molecular weight excluding hydrogens is 410 g/mol. The van der Waals surface area contributed by atoms with Gasteiger partial charge in [0.2, 0.25) is 5.91 Å². The van der Waals surface area contributed by atoms with E-state index >= 15 is 0 Å². The maximum atomic E-state index is 13.4. The Morgan fingerprint density at radius 1 is 0.879 bits per heavy atom. The molecule has 0 aliphatic rings. The molecule has 0 aliphatic carbocycles. The van der Waals surface area contributed by atoms with Crippen molar-refractivity contribution in [1.82, 2.24) is 9.55 Å². The van der Waals surface area contributed by atoms with Gasteiger partial charge in [0.05, 0.1) is 6.33 Å². The number of amides is 1. The van der Waals surface area contributed by atoms with Crippen LogP contribution in [0.15, 0.2) is 61.2 Å². The number of aromatic nitrogens is 2. The number of rotatable bonds is 9. The van der Waals surface area contributed by atoms with Crippen molar-refractivity contribution >= 4 is 17.4 Å². The third-order valence-corrected chi connectivity index (χ3v) is 6.08. The van der Waals surface area contributed by atoms with Crippen LogP contribution in [0.1, 0.15) is 98.8 Å². The Balaban J connectivity index is 1.85. The van der Waals surface area contributed by atoms with Crippen molar-refractivity contribution in [2.75, 3.05) is 5.32 Å². The van der Waals surface area contributed by atoms with Gasteiger partial charge in [-0.15, -0.1) is 0 Å². The number of nitrogens with zero attached hydrogens (tertiary/aromatic N) is 2. The van der Waals surface area contributed by atoms with E-state index in [-0.39, 0.29) is 24.0 Å². The fraction of sp³-hybridized carbons (Fsp3) is 0.393. The van der Waals surface area contributed by atoms with Gasteiger partial charge >= 0.3 is 0 Å². The highest BCUT2D eigenvalue weighted by Gasteiger charge is 2.26. The summed E-state index contributed by atoms with van der Waals surface area (Å²) >= 11 is 0. The summed E-state index contributed by atoms with van der Waals surface area (Å²) < 4.78 is 1.70. The van der Waals surface area contributed by atoms with Crippen LogP contribution in [0.2, 0.25) is 0 Å². The fourth-order valence-electron chi connectivity index (χ4n) is 3.92. The van der Waals surface area contributed by atoms with E-state index < -0.39 is 6.04 Å². The van der Waals surface area contributed by atoms with Gasteiger partial charge in [-0.1, -0.05) is 71.9 Å². The smallest absolute Gasteiger partial charge is 0.247 e. The number of benzene rings is 2. The maximum Gasteiger partial charge on any atom is 0.247 e.